The number of carbonyl (C=O) groups is 1. The molecule has 150 valence electrons. The van der Waals surface area contributed by atoms with Gasteiger partial charge in [0, 0.05) is 11.4 Å². The van der Waals surface area contributed by atoms with Crippen molar-refractivity contribution in [3.05, 3.63) is 49.1 Å². The van der Waals surface area contributed by atoms with Gasteiger partial charge in [0.2, 0.25) is 10.0 Å². The Kier molecular flexibility index (Phi) is 7.23. The van der Waals surface area contributed by atoms with Crippen LogP contribution in [-0.2, 0) is 35.8 Å². The second kappa shape index (κ2) is 9.23. The summed E-state index contributed by atoms with van der Waals surface area (Å²) in [6, 6.07) is 5.36. The van der Waals surface area contributed by atoms with Gasteiger partial charge in [0.1, 0.15) is 18.2 Å². The molecule has 0 aliphatic rings. The third kappa shape index (κ3) is 5.34. The van der Waals surface area contributed by atoms with Crippen LogP contribution in [0, 0.1) is 11.3 Å². The topological polar surface area (TPSA) is 122 Å². The van der Waals surface area contributed by atoms with Gasteiger partial charge in [-0.3, -0.25) is 9.59 Å². The summed E-state index contributed by atoms with van der Waals surface area (Å²) in [5, 5.41) is 13.6. The zero-order chi connectivity index (χ0) is 20.9. The first-order valence-electron chi connectivity index (χ1n) is 8.79. The number of nitriles is 1. The number of sulfonamides is 1. The average molecular weight is 423 g/mol. The molecule has 2 aromatic rings. The molecule has 2 heterocycles. The first kappa shape index (κ1) is 21.9. The fourth-order valence-electron chi connectivity index (χ4n) is 2.78. The lowest BCUT2D eigenvalue weighted by Crippen LogP contribution is -2.31. The molecule has 0 spiro atoms. The summed E-state index contributed by atoms with van der Waals surface area (Å²) in [5.41, 5.74) is 0.764. The lowest BCUT2D eigenvalue weighted by Gasteiger charge is -2.11. The van der Waals surface area contributed by atoms with Crippen molar-refractivity contribution >= 4 is 27.1 Å². The van der Waals surface area contributed by atoms with E-state index in [0.29, 0.717) is 35.4 Å². The summed E-state index contributed by atoms with van der Waals surface area (Å²) in [5.74, 6) is -0.280. The van der Waals surface area contributed by atoms with Crippen LogP contribution >= 0.6 is 11.3 Å². The molecule has 0 radical (unpaired) electrons. The molecule has 10 heteroatoms. The Morgan fingerprint density at radius 2 is 2.04 bits per heavy atom. The van der Waals surface area contributed by atoms with Crippen molar-refractivity contribution in [3.63, 3.8) is 0 Å². The van der Waals surface area contributed by atoms with Crippen molar-refractivity contribution < 1.29 is 13.2 Å². The van der Waals surface area contributed by atoms with Crippen LogP contribution < -0.4 is 10.3 Å². The lowest BCUT2D eigenvalue weighted by molar-refractivity contribution is 0.0969. The van der Waals surface area contributed by atoms with Gasteiger partial charge in [-0.1, -0.05) is 13.8 Å². The van der Waals surface area contributed by atoms with Gasteiger partial charge in [-0.2, -0.15) is 10.4 Å². The Hall–Kier alpha value is -2.35. The summed E-state index contributed by atoms with van der Waals surface area (Å²) in [6.07, 6.45) is 2.64. The number of carbonyl (C=O) groups excluding carboxylic acids is 1. The minimum Gasteiger partial charge on any atom is -0.291 e. The van der Waals surface area contributed by atoms with Crippen LogP contribution in [-0.4, -0.2) is 36.8 Å². The van der Waals surface area contributed by atoms with Gasteiger partial charge in [0.15, 0.2) is 5.78 Å². The first-order chi connectivity index (χ1) is 13.2. The Labute approximate surface area is 167 Å². The van der Waals surface area contributed by atoms with Crippen LogP contribution in [0.4, 0.5) is 0 Å². The molecule has 2 rings (SSSR count). The maximum Gasteiger partial charge on any atom is 0.285 e. The van der Waals surface area contributed by atoms with E-state index in [1.807, 2.05) is 19.9 Å². The molecular formula is C18H22N4O4S2. The van der Waals surface area contributed by atoms with Crippen LogP contribution in [0.5, 0.6) is 0 Å². The molecule has 0 aliphatic heterocycles. The van der Waals surface area contributed by atoms with Gasteiger partial charge in [0.25, 0.3) is 5.56 Å². The van der Waals surface area contributed by atoms with Gasteiger partial charge in [0.05, 0.1) is 16.8 Å². The Balaban J connectivity index is 2.20. The van der Waals surface area contributed by atoms with Crippen LogP contribution in [0.1, 0.15) is 45.2 Å². The van der Waals surface area contributed by atoms with Crippen LogP contribution in [0.2, 0.25) is 0 Å². The van der Waals surface area contributed by atoms with Gasteiger partial charge in [-0.25, -0.2) is 17.8 Å². The van der Waals surface area contributed by atoms with Crippen molar-refractivity contribution in [2.45, 2.75) is 39.7 Å². The predicted octanol–water partition coefficient (Wildman–Crippen LogP) is 1.28. The van der Waals surface area contributed by atoms with E-state index in [4.69, 9.17) is 0 Å². The molecule has 0 aliphatic carbocycles. The zero-order valence-electron chi connectivity index (χ0n) is 16.0. The molecule has 28 heavy (non-hydrogen) atoms. The molecule has 0 bridgehead atoms. The van der Waals surface area contributed by atoms with Gasteiger partial charge in [-0.05, 0) is 37.0 Å². The van der Waals surface area contributed by atoms with E-state index in [1.165, 1.54) is 11.3 Å². The lowest BCUT2D eigenvalue weighted by atomic mass is 10.0. The molecule has 0 saturated carbocycles. The van der Waals surface area contributed by atoms with E-state index in [1.54, 1.807) is 12.1 Å². The van der Waals surface area contributed by atoms with E-state index < -0.39 is 15.6 Å². The van der Waals surface area contributed by atoms with Crippen molar-refractivity contribution in [3.8, 4) is 6.07 Å². The average Bonchev–Trinajstić information content (AvgIpc) is 3.10. The number of nitrogens with zero attached hydrogens (tertiary/aromatic N) is 3. The molecule has 1 N–H and O–H groups in total. The van der Waals surface area contributed by atoms with E-state index in [2.05, 4.69) is 9.82 Å². The Morgan fingerprint density at radius 3 is 2.61 bits per heavy atom. The fraction of sp³-hybridized carbons (Fsp3) is 0.444. The van der Waals surface area contributed by atoms with Gasteiger partial charge in [-0.15, -0.1) is 11.3 Å². The molecule has 8 nitrogen and oxygen atoms in total. The number of hydrogen-bond donors (Lipinski definition) is 1. The number of aryl methyl sites for hydroxylation is 1. The number of thiophene rings is 1. The van der Waals surface area contributed by atoms with Crippen LogP contribution in [0.25, 0.3) is 0 Å². The minimum absolute atomic E-state index is 0.0425. The number of Topliss-reactive ketones (excluding diaryl/α,β-unsaturated/α-hetero) is 1. The van der Waals surface area contributed by atoms with E-state index >= 15 is 0 Å². The third-order valence-electron chi connectivity index (χ3n) is 4.11. The van der Waals surface area contributed by atoms with Crippen molar-refractivity contribution in [2.75, 3.05) is 12.8 Å². The van der Waals surface area contributed by atoms with Crippen molar-refractivity contribution in [2.24, 2.45) is 0 Å². The normalized spacial score (nSPS) is 11.4. The summed E-state index contributed by atoms with van der Waals surface area (Å²) in [4.78, 5) is 26.4. The third-order valence-corrected chi connectivity index (χ3v) is 6.02. The number of nitrogens with one attached hydrogen (secondary N) is 1. The standard InChI is InChI=1S/C18H22N4O4S2/c1-4-13-14(10-19)18(24)22(21-15(13)5-2)11-16(23)17-7-6-12(27-17)8-9-20-28(3,25)26/h6-7,20H,4-5,8-9,11H2,1-3H3. The maximum absolute atomic E-state index is 12.6. The second-order valence-electron chi connectivity index (χ2n) is 6.19. The maximum atomic E-state index is 12.6. The van der Waals surface area contributed by atoms with Crippen molar-refractivity contribution in [1.29, 1.82) is 5.26 Å². The zero-order valence-corrected chi connectivity index (χ0v) is 17.6. The summed E-state index contributed by atoms with van der Waals surface area (Å²) in [7, 11) is -3.25. The molecule has 0 fully saturated rings. The number of rotatable bonds is 9. The summed E-state index contributed by atoms with van der Waals surface area (Å²) < 4.78 is 25.7. The number of hydrogen-bond acceptors (Lipinski definition) is 7. The van der Waals surface area contributed by atoms with Gasteiger partial charge >= 0.3 is 0 Å². The smallest absolute Gasteiger partial charge is 0.285 e. The van der Waals surface area contributed by atoms with Gasteiger partial charge < -0.3 is 0 Å². The Bertz CT molecular complexity index is 1080. The van der Waals surface area contributed by atoms with E-state index in [0.717, 1.165) is 15.8 Å². The molecule has 0 aromatic carbocycles. The second-order valence-corrected chi connectivity index (χ2v) is 9.19. The highest BCUT2D eigenvalue weighted by Crippen LogP contribution is 2.18. The molecule has 0 amide bonds. The SMILES string of the molecule is CCc1nn(CC(=O)c2ccc(CCNS(C)(=O)=O)s2)c(=O)c(C#N)c1CC. The predicted molar refractivity (Wildman–Crippen MR) is 107 cm³/mol. The largest absolute Gasteiger partial charge is 0.291 e. The van der Waals surface area contributed by atoms with Crippen molar-refractivity contribution in [1.82, 2.24) is 14.5 Å². The monoisotopic (exact) mass is 422 g/mol. The molecule has 0 saturated heterocycles. The van der Waals surface area contributed by atoms with Crippen LogP contribution in [0.15, 0.2) is 16.9 Å². The molecule has 0 unspecified atom stereocenters. The number of ketones is 1. The quantitative estimate of drug-likeness (QED) is 0.608. The minimum atomic E-state index is -3.25. The van der Waals surface area contributed by atoms with Crippen LogP contribution in [0.3, 0.4) is 0 Å². The first-order valence-corrected chi connectivity index (χ1v) is 11.5. The van der Waals surface area contributed by atoms with E-state index in [-0.39, 0.29) is 24.4 Å². The fourth-order valence-corrected chi connectivity index (χ4v) is 4.19. The highest BCUT2D eigenvalue weighted by Gasteiger charge is 2.18. The summed E-state index contributed by atoms with van der Waals surface area (Å²) in [6.45, 7) is 3.75. The molecule has 2 aromatic heterocycles. The number of aromatic nitrogens is 2. The highest BCUT2D eigenvalue weighted by molar-refractivity contribution is 7.88. The molecular weight excluding hydrogens is 400 g/mol. The molecule has 0 atom stereocenters. The highest BCUT2D eigenvalue weighted by atomic mass is 32.2. The summed E-state index contributed by atoms with van der Waals surface area (Å²) >= 11 is 1.25. The van der Waals surface area contributed by atoms with E-state index in [9.17, 15) is 23.3 Å². The Morgan fingerprint density at radius 1 is 1.32 bits per heavy atom.